The van der Waals surface area contributed by atoms with Crippen molar-refractivity contribution in [2.24, 2.45) is 5.84 Å². The van der Waals surface area contributed by atoms with E-state index in [0.717, 1.165) is 19.3 Å². The summed E-state index contributed by atoms with van der Waals surface area (Å²) in [5.74, 6) is 5.50. The fourth-order valence-electron chi connectivity index (χ4n) is 1.87. The molecule has 0 bridgehead atoms. The number of rotatable bonds is 6. The van der Waals surface area contributed by atoms with Crippen molar-refractivity contribution < 1.29 is 0 Å². The summed E-state index contributed by atoms with van der Waals surface area (Å²) in [6, 6.07) is 9.14. The first kappa shape index (κ1) is 12.2. The molecule has 0 radical (unpaired) electrons. The van der Waals surface area contributed by atoms with Crippen LogP contribution in [-0.2, 0) is 6.42 Å². The van der Waals surface area contributed by atoms with Crippen molar-refractivity contribution in [3.05, 3.63) is 35.4 Å². The Hall–Kier alpha value is -0.860. The lowest BCUT2D eigenvalue weighted by Crippen LogP contribution is -2.35. The summed E-state index contributed by atoms with van der Waals surface area (Å²) in [4.78, 5) is 0. The third-order valence-electron chi connectivity index (χ3n) is 2.74. The van der Waals surface area contributed by atoms with Gasteiger partial charge in [-0.3, -0.25) is 11.3 Å². The minimum Gasteiger partial charge on any atom is -0.271 e. The molecule has 84 valence electrons. The molecule has 0 aromatic heterocycles. The zero-order chi connectivity index (χ0) is 11.1. The van der Waals surface area contributed by atoms with Gasteiger partial charge in [0.25, 0.3) is 0 Å². The lowest BCUT2D eigenvalue weighted by Gasteiger charge is -2.14. The fourth-order valence-corrected chi connectivity index (χ4v) is 1.87. The van der Waals surface area contributed by atoms with E-state index in [4.69, 9.17) is 5.84 Å². The first-order chi connectivity index (χ1) is 7.26. The Morgan fingerprint density at radius 3 is 2.73 bits per heavy atom. The number of hydrogen-bond donors (Lipinski definition) is 2. The highest BCUT2D eigenvalue weighted by Crippen LogP contribution is 2.10. The molecule has 0 spiro atoms. The Kier molecular flexibility index (Phi) is 5.37. The van der Waals surface area contributed by atoms with Gasteiger partial charge in [-0.05, 0) is 31.7 Å². The summed E-state index contributed by atoms with van der Waals surface area (Å²) in [6.45, 7) is 4.32. The van der Waals surface area contributed by atoms with Gasteiger partial charge < -0.3 is 0 Å². The fraction of sp³-hybridized carbons (Fsp3) is 0.538. The summed E-state index contributed by atoms with van der Waals surface area (Å²) < 4.78 is 0. The Morgan fingerprint density at radius 2 is 2.13 bits per heavy atom. The number of nitrogens with two attached hydrogens (primary N) is 1. The van der Waals surface area contributed by atoms with Gasteiger partial charge in [0.2, 0.25) is 0 Å². The van der Waals surface area contributed by atoms with Crippen LogP contribution in [0, 0.1) is 6.92 Å². The van der Waals surface area contributed by atoms with E-state index >= 15 is 0 Å². The molecule has 0 saturated carbocycles. The van der Waals surface area contributed by atoms with Crippen LogP contribution in [0.15, 0.2) is 24.3 Å². The molecule has 0 saturated heterocycles. The monoisotopic (exact) mass is 206 g/mol. The third kappa shape index (κ3) is 4.45. The highest BCUT2D eigenvalue weighted by molar-refractivity contribution is 5.22. The second-order valence-corrected chi connectivity index (χ2v) is 4.18. The van der Waals surface area contributed by atoms with E-state index in [2.05, 4.69) is 43.5 Å². The van der Waals surface area contributed by atoms with Gasteiger partial charge in [-0.2, -0.15) is 0 Å². The van der Waals surface area contributed by atoms with E-state index in [9.17, 15) is 0 Å². The van der Waals surface area contributed by atoms with Crippen LogP contribution in [-0.4, -0.2) is 6.04 Å². The average Bonchev–Trinajstić information content (AvgIpc) is 2.24. The van der Waals surface area contributed by atoms with Crippen LogP contribution < -0.4 is 11.3 Å². The maximum absolute atomic E-state index is 5.50. The SMILES string of the molecule is CCCC(CCc1cccc(C)c1)NN. The molecule has 1 aromatic carbocycles. The van der Waals surface area contributed by atoms with E-state index in [1.54, 1.807) is 0 Å². The van der Waals surface area contributed by atoms with Crippen molar-refractivity contribution in [1.29, 1.82) is 0 Å². The molecular weight excluding hydrogens is 184 g/mol. The van der Waals surface area contributed by atoms with Crippen molar-refractivity contribution in [2.45, 2.75) is 45.6 Å². The zero-order valence-corrected chi connectivity index (χ0v) is 9.79. The number of hydrogen-bond acceptors (Lipinski definition) is 2. The molecule has 1 aromatic rings. The van der Waals surface area contributed by atoms with Crippen molar-refractivity contribution >= 4 is 0 Å². The lowest BCUT2D eigenvalue weighted by molar-refractivity contribution is 0.459. The summed E-state index contributed by atoms with van der Waals surface area (Å²) in [5.41, 5.74) is 5.63. The molecule has 1 unspecified atom stereocenters. The minimum atomic E-state index is 0.454. The van der Waals surface area contributed by atoms with Crippen LogP contribution in [0.25, 0.3) is 0 Å². The molecule has 0 amide bonds. The van der Waals surface area contributed by atoms with Crippen LogP contribution in [0.5, 0.6) is 0 Å². The van der Waals surface area contributed by atoms with Gasteiger partial charge in [-0.15, -0.1) is 0 Å². The van der Waals surface area contributed by atoms with Crippen molar-refractivity contribution in [3.8, 4) is 0 Å². The predicted octanol–water partition coefficient (Wildman–Crippen LogP) is 2.56. The van der Waals surface area contributed by atoms with Crippen molar-refractivity contribution in [2.75, 3.05) is 0 Å². The van der Waals surface area contributed by atoms with Gasteiger partial charge in [-0.25, -0.2) is 0 Å². The van der Waals surface area contributed by atoms with Gasteiger partial charge in [0, 0.05) is 6.04 Å². The molecular formula is C13H22N2. The summed E-state index contributed by atoms with van der Waals surface area (Å²) in [5, 5.41) is 0. The van der Waals surface area contributed by atoms with E-state index < -0.39 is 0 Å². The molecule has 0 aliphatic carbocycles. The first-order valence-electron chi connectivity index (χ1n) is 5.78. The normalized spacial score (nSPS) is 12.7. The molecule has 0 aliphatic rings. The van der Waals surface area contributed by atoms with Gasteiger partial charge in [-0.1, -0.05) is 43.2 Å². The van der Waals surface area contributed by atoms with Gasteiger partial charge in [0.05, 0.1) is 0 Å². The van der Waals surface area contributed by atoms with Crippen molar-refractivity contribution in [1.82, 2.24) is 5.43 Å². The topological polar surface area (TPSA) is 38.0 Å². The van der Waals surface area contributed by atoms with Crippen molar-refractivity contribution in [3.63, 3.8) is 0 Å². The Labute approximate surface area is 92.8 Å². The minimum absolute atomic E-state index is 0.454. The molecule has 2 heteroatoms. The summed E-state index contributed by atoms with van der Waals surface area (Å²) in [7, 11) is 0. The van der Waals surface area contributed by atoms with Crippen LogP contribution >= 0.6 is 0 Å². The first-order valence-corrected chi connectivity index (χ1v) is 5.78. The second kappa shape index (κ2) is 6.59. The Bertz CT molecular complexity index is 284. The molecule has 15 heavy (non-hydrogen) atoms. The molecule has 0 aliphatic heterocycles. The molecule has 1 atom stereocenters. The third-order valence-corrected chi connectivity index (χ3v) is 2.74. The highest BCUT2D eigenvalue weighted by Gasteiger charge is 2.05. The van der Waals surface area contributed by atoms with Crippen LogP contribution in [0.2, 0.25) is 0 Å². The number of hydrazine groups is 1. The molecule has 0 heterocycles. The maximum Gasteiger partial charge on any atom is 0.0213 e. The largest absolute Gasteiger partial charge is 0.271 e. The second-order valence-electron chi connectivity index (χ2n) is 4.18. The Morgan fingerprint density at radius 1 is 1.33 bits per heavy atom. The lowest BCUT2D eigenvalue weighted by atomic mass is 10.0. The number of benzene rings is 1. The van der Waals surface area contributed by atoms with Gasteiger partial charge in [0.1, 0.15) is 0 Å². The number of nitrogens with one attached hydrogen (secondary N) is 1. The summed E-state index contributed by atoms with van der Waals surface area (Å²) >= 11 is 0. The van der Waals surface area contributed by atoms with E-state index in [1.807, 2.05) is 0 Å². The molecule has 1 rings (SSSR count). The Balaban J connectivity index is 2.41. The highest BCUT2D eigenvalue weighted by atomic mass is 15.2. The van der Waals surface area contributed by atoms with Gasteiger partial charge >= 0.3 is 0 Å². The van der Waals surface area contributed by atoms with E-state index in [1.165, 1.54) is 17.5 Å². The predicted molar refractivity (Wildman–Crippen MR) is 65.5 cm³/mol. The smallest absolute Gasteiger partial charge is 0.0213 e. The van der Waals surface area contributed by atoms with Crippen LogP contribution in [0.3, 0.4) is 0 Å². The van der Waals surface area contributed by atoms with E-state index in [-0.39, 0.29) is 0 Å². The molecule has 3 N–H and O–H groups in total. The molecule has 2 nitrogen and oxygen atoms in total. The van der Waals surface area contributed by atoms with Crippen LogP contribution in [0.4, 0.5) is 0 Å². The van der Waals surface area contributed by atoms with E-state index in [0.29, 0.717) is 6.04 Å². The van der Waals surface area contributed by atoms with Gasteiger partial charge in [0.15, 0.2) is 0 Å². The number of aryl methyl sites for hydroxylation is 2. The quantitative estimate of drug-likeness (QED) is 0.554. The average molecular weight is 206 g/mol. The zero-order valence-electron chi connectivity index (χ0n) is 9.79. The summed E-state index contributed by atoms with van der Waals surface area (Å²) in [6.07, 6.45) is 4.56. The van der Waals surface area contributed by atoms with Crippen LogP contribution in [0.1, 0.15) is 37.3 Å². The standard InChI is InChI=1S/C13H22N2/c1-3-5-13(15-14)9-8-12-7-4-6-11(2)10-12/h4,6-7,10,13,15H,3,5,8-9,14H2,1-2H3. The molecule has 0 fully saturated rings. The maximum atomic E-state index is 5.50.